The molecule has 1 aliphatic heterocycles. The fourth-order valence-corrected chi connectivity index (χ4v) is 4.35. The van der Waals surface area contributed by atoms with E-state index in [9.17, 15) is 9.59 Å². The Hall–Kier alpha value is -1.89. The summed E-state index contributed by atoms with van der Waals surface area (Å²) in [5, 5.41) is 3.79. The maximum atomic E-state index is 13.6. The molecular formula is C23H32Cl2N4O2. The number of pyridine rings is 1. The number of rotatable bonds is 5. The summed E-state index contributed by atoms with van der Waals surface area (Å²) >= 11 is 0. The molecule has 2 aromatic rings. The molecule has 1 aromatic carbocycles. The number of carbonyl (C=O) groups excluding carboxylic acids is 2. The molecule has 1 saturated heterocycles. The number of hydrogen-bond donors (Lipinski definition) is 2. The van der Waals surface area contributed by atoms with Gasteiger partial charge in [-0.05, 0) is 57.2 Å². The second-order valence-corrected chi connectivity index (χ2v) is 8.52. The highest BCUT2D eigenvalue weighted by molar-refractivity contribution is 6.07. The van der Waals surface area contributed by atoms with Gasteiger partial charge in [0, 0.05) is 43.2 Å². The van der Waals surface area contributed by atoms with Gasteiger partial charge >= 0.3 is 0 Å². The van der Waals surface area contributed by atoms with E-state index < -0.39 is 0 Å². The Bertz CT molecular complexity index is 962. The van der Waals surface area contributed by atoms with Crippen molar-refractivity contribution in [2.45, 2.75) is 45.4 Å². The summed E-state index contributed by atoms with van der Waals surface area (Å²) in [5.74, 6) is 0.319. The average molecular weight is 467 g/mol. The first-order valence-electron chi connectivity index (χ1n) is 10.7. The molecule has 1 aromatic heterocycles. The summed E-state index contributed by atoms with van der Waals surface area (Å²) in [6.07, 6.45) is 3.93. The Kier molecular flexibility index (Phi) is 8.69. The van der Waals surface area contributed by atoms with Crippen LogP contribution in [0.4, 0.5) is 0 Å². The van der Waals surface area contributed by atoms with E-state index in [0.717, 1.165) is 59.0 Å². The van der Waals surface area contributed by atoms with Crippen LogP contribution in [0.1, 0.15) is 58.8 Å². The Morgan fingerprint density at radius 2 is 1.90 bits per heavy atom. The smallest absolute Gasteiger partial charge is 0.254 e. The summed E-state index contributed by atoms with van der Waals surface area (Å²) in [6.45, 7) is 6.16. The van der Waals surface area contributed by atoms with E-state index in [1.807, 2.05) is 17.9 Å². The molecule has 0 spiro atoms. The van der Waals surface area contributed by atoms with Crippen LogP contribution in [0.5, 0.6) is 0 Å². The summed E-state index contributed by atoms with van der Waals surface area (Å²) in [6, 6.07) is 6.19. The van der Waals surface area contributed by atoms with E-state index in [4.69, 9.17) is 10.7 Å². The van der Waals surface area contributed by atoms with Gasteiger partial charge in [-0.3, -0.25) is 14.6 Å². The zero-order valence-electron chi connectivity index (χ0n) is 18.1. The molecular weight excluding hydrogens is 435 g/mol. The molecule has 2 amide bonds. The van der Waals surface area contributed by atoms with Gasteiger partial charge in [-0.25, -0.2) is 0 Å². The van der Waals surface area contributed by atoms with Crippen molar-refractivity contribution in [2.75, 3.05) is 26.2 Å². The topological polar surface area (TPSA) is 88.3 Å². The van der Waals surface area contributed by atoms with Crippen molar-refractivity contribution in [3.8, 4) is 0 Å². The average Bonchev–Trinajstić information content (AvgIpc) is 3.56. The van der Waals surface area contributed by atoms with Crippen LogP contribution in [0, 0.1) is 19.8 Å². The molecule has 1 aliphatic carbocycles. The zero-order valence-corrected chi connectivity index (χ0v) is 19.8. The molecule has 2 heterocycles. The van der Waals surface area contributed by atoms with E-state index in [-0.39, 0.29) is 42.5 Å². The van der Waals surface area contributed by atoms with Gasteiger partial charge in [-0.15, -0.1) is 24.8 Å². The quantitative estimate of drug-likeness (QED) is 0.705. The number of aromatic nitrogens is 1. The van der Waals surface area contributed by atoms with Crippen molar-refractivity contribution in [3.05, 3.63) is 40.6 Å². The van der Waals surface area contributed by atoms with Crippen LogP contribution in [0.25, 0.3) is 10.9 Å². The second kappa shape index (κ2) is 10.6. The number of likely N-dealkylation sites (tertiary alicyclic amines) is 1. The maximum absolute atomic E-state index is 13.6. The highest BCUT2D eigenvalue weighted by Crippen LogP contribution is 2.41. The van der Waals surface area contributed by atoms with E-state index in [1.165, 1.54) is 0 Å². The first kappa shape index (κ1) is 25.4. The van der Waals surface area contributed by atoms with Crippen LogP contribution < -0.4 is 11.1 Å². The molecule has 2 fully saturated rings. The molecule has 8 heteroatoms. The highest BCUT2D eigenvalue weighted by Gasteiger charge is 2.31. The van der Waals surface area contributed by atoms with Gasteiger partial charge in [0.25, 0.3) is 5.91 Å². The van der Waals surface area contributed by atoms with Gasteiger partial charge in [-0.2, -0.15) is 0 Å². The van der Waals surface area contributed by atoms with E-state index >= 15 is 0 Å². The second-order valence-electron chi connectivity index (χ2n) is 8.52. The van der Waals surface area contributed by atoms with Crippen molar-refractivity contribution in [2.24, 2.45) is 11.7 Å². The zero-order chi connectivity index (χ0) is 20.5. The summed E-state index contributed by atoms with van der Waals surface area (Å²) < 4.78 is 0. The lowest BCUT2D eigenvalue weighted by molar-refractivity contribution is -0.126. The van der Waals surface area contributed by atoms with Gasteiger partial charge in [0.15, 0.2) is 0 Å². The number of nitrogens with two attached hydrogens (primary N) is 1. The van der Waals surface area contributed by atoms with Crippen LogP contribution in [0.2, 0.25) is 0 Å². The van der Waals surface area contributed by atoms with Crippen molar-refractivity contribution >= 4 is 47.5 Å². The van der Waals surface area contributed by atoms with Crippen molar-refractivity contribution in [1.82, 2.24) is 15.2 Å². The molecule has 1 saturated carbocycles. The number of nitrogens with zero attached hydrogens (tertiary/aromatic N) is 2. The Balaban J connectivity index is 0.00000171. The number of benzene rings is 1. The third-order valence-corrected chi connectivity index (χ3v) is 6.02. The first-order chi connectivity index (χ1) is 14.0. The Morgan fingerprint density at radius 1 is 1.16 bits per heavy atom. The lowest BCUT2D eigenvalue weighted by atomic mass is 9.95. The van der Waals surface area contributed by atoms with Crippen molar-refractivity contribution in [1.29, 1.82) is 0 Å². The predicted molar refractivity (Wildman–Crippen MR) is 128 cm³/mol. The lowest BCUT2D eigenvalue weighted by Crippen LogP contribution is -2.46. The number of fused-ring (bicyclic) bond motifs is 1. The molecule has 170 valence electrons. The third kappa shape index (κ3) is 5.48. The largest absolute Gasteiger partial charge is 0.355 e. The Labute approximate surface area is 196 Å². The number of nitrogens with one attached hydrogen (secondary N) is 1. The predicted octanol–water partition coefficient (Wildman–Crippen LogP) is 3.50. The van der Waals surface area contributed by atoms with Crippen LogP contribution in [-0.2, 0) is 4.79 Å². The number of halogens is 2. The Morgan fingerprint density at radius 3 is 2.58 bits per heavy atom. The van der Waals surface area contributed by atoms with Crippen LogP contribution in [0.15, 0.2) is 18.2 Å². The van der Waals surface area contributed by atoms with Crippen molar-refractivity contribution < 1.29 is 9.59 Å². The molecule has 0 bridgehead atoms. The number of hydrogen-bond acceptors (Lipinski definition) is 4. The molecule has 2 aliphatic rings. The van der Waals surface area contributed by atoms with Crippen LogP contribution >= 0.6 is 24.8 Å². The number of carbonyl (C=O) groups is 2. The van der Waals surface area contributed by atoms with Gasteiger partial charge in [0.05, 0.1) is 17.0 Å². The van der Waals surface area contributed by atoms with Crippen molar-refractivity contribution in [3.63, 3.8) is 0 Å². The molecule has 6 nitrogen and oxygen atoms in total. The minimum absolute atomic E-state index is 0. The fraction of sp³-hybridized carbons (Fsp3) is 0.522. The summed E-state index contributed by atoms with van der Waals surface area (Å²) in [5.41, 5.74) is 10.4. The molecule has 1 atom stereocenters. The van der Waals surface area contributed by atoms with Crippen LogP contribution in [0.3, 0.4) is 0 Å². The van der Waals surface area contributed by atoms with Gasteiger partial charge in [0.2, 0.25) is 5.91 Å². The SMILES string of the molecule is Cc1cc(C)c2nc(C3CC3)cc(C(=O)N3CCCC(C(=O)NCCN)C3)c2c1.Cl.Cl. The first-order valence-corrected chi connectivity index (χ1v) is 10.7. The van der Waals surface area contributed by atoms with E-state index in [1.54, 1.807) is 0 Å². The highest BCUT2D eigenvalue weighted by atomic mass is 35.5. The van der Waals surface area contributed by atoms with E-state index in [0.29, 0.717) is 32.1 Å². The fourth-order valence-electron chi connectivity index (χ4n) is 4.35. The molecule has 31 heavy (non-hydrogen) atoms. The van der Waals surface area contributed by atoms with E-state index in [2.05, 4.69) is 24.4 Å². The number of aryl methyl sites for hydroxylation is 2. The minimum Gasteiger partial charge on any atom is -0.355 e. The molecule has 3 N–H and O–H groups in total. The van der Waals surface area contributed by atoms with Gasteiger partial charge < -0.3 is 16.0 Å². The summed E-state index contributed by atoms with van der Waals surface area (Å²) in [7, 11) is 0. The summed E-state index contributed by atoms with van der Waals surface area (Å²) in [4.78, 5) is 32.7. The maximum Gasteiger partial charge on any atom is 0.254 e. The normalized spacial score (nSPS) is 18.2. The molecule has 4 rings (SSSR count). The molecule has 0 radical (unpaired) electrons. The van der Waals surface area contributed by atoms with Gasteiger partial charge in [0.1, 0.15) is 0 Å². The number of amides is 2. The lowest BCUT2D eigenvalue weighted by Gasteiger charge is -2.32. The minimum atomic E-state index is -0.168. The van der Waals surface area contributed by atoms with Crippen LogP contribution in [-0.4, -0.2) is 47.9 Å². The number of piperidine rings is 1. The van der Waals surface area contributed by atoms with Gasteiger partial charge in [-0.1, -0.05) is 11.6 Å². The molecule has 1 unspecified atom stereocenters. The third-order valence-electron chi connectivity index (χ3n) is 6.02. The standard InChI is InChI=1S/C23H30N4O2.2ClH/c1-14-10-15(2)21-18(11-14)19(12-20(26-21)16-5-6-16)23(29)27-9-3-4-17(13-27)22(28)25-8-7-24;;/h10-12,16-17H,3-9,13,24H2,1-2H3,(H,25,28);2*1H. The monoisotopic (exact) mass is 466 g/mol.